The summed E-state index contributed by atoms with van der Waals surface area (Å²) in [6.07, 6.45) is 0.305. The molecular weight excluding hydrogens is 318 g/mol. The van der Waals surface area contributed by atoms with Gasteiger partial charge in [0.25, 0.3) is 0 Å². The SMILES string of the molecule is CNC(Cc1cccc(F)c1F)c1c(Br)nnn1C. The van der Waals surface area contributed by atoms with E-state index in [0.29, 0.717) is 16.6 Å². The molecule has 0 fully saturated rings. The maximum Gasteiger partial charge on any atom is 0.162 e. The minimum atomic E-state index is -0.838. The highest BCUT2D eigenvalue weighted by Gasteiger charge is 2.21. The number of rotatable bonds is 4. The van der Waals surface area contributed by atoms with Crippen LogP contribution in [0.2, 0.25) is 0 Å². The van der Waals surface area contributed by atoms with Gasteiger partial charge in [0, 0.05) is 7.05 Å². The molecule has 0 aliphatic carbocycles. The van der Waals surface area contributed by atoms with Crippen LogP contribution in [-0.4, -0.2) is 22.0 Å². The van der Waals surface area contributed by atoms with E-state index in [1.54, 1.807) is 24.8 Å². The van der Waals surface area contributed by atoms with Crippen LogP contribution in [0.1, 0.15) is 17.3 Å². The molecule has 2 aromatic rings. The van der Waals surface area contributed by atoms with Gasteiger partial charge in [-0.3, -0.25) is 0 Å². The standard InChI is InChI=1S/C12H13BrF2N4/c1-16-9(11-12(13)17-18-19(11)2)6-7-4-3-5-8(14)10(7)15/h3-5,9,16H,6H2,1-2H3. The van der Waals surface area contributed by atoms with Gasteiger partial charge in [0.15, 0.2) is 16.2 Å². The van der Waals surface area contributed by atoms with Crippen molar-refractivity contribution in [3.63, 3.8) is 0 Å². The summed E-state index contributed by atoms with van der Waals surface area (Å²) in [7, 11) is 3.50. The number of likely N-dealkylation sites (N-methyl/N-ethyl adjacent to an activating group) is 1. The van der Waals surface area contributed by atoms with Gasteiger partial charge < -0.3 is 5.32 Å². The molecule has 0 bridgehead atoms. The Labute approximate surface area is 117 Å². The Morgan fingerprint density at radius 3 is 2.74 bits per heavy atom. The van der Waals surface area contributed by atoms with Crippen LogP contribution in [0.5, 0.6) is 0 Å². The van der Waals surface area contributed by atoms with Crippen molar-refractivity contribution >= 4 is 15.9 Å². The number of halogens is 3. The van der Waals surface area contributed by atoms with E-state index < -0.39 is 11.6 Å². The van der Waals surface area contributed by atoms with Crippen molar-refractivity contribution in [1.29, 1.82) is 0 Å². The summed E-state index contributed by atoms with van der Waals surface area (Å²) in [6.45, 7) is 0. The van der Waals surface area contributed by atoms with E-state index in [4.69, 9.17) is 0 Å². The summed E-state index contributed by atoms with van der Waals surface area (Å²) in [5.41, 5.74) is 1.10. The summed E-state index contributed by atoms with van der Waals surface area (Å²) >= 11 is 3.30. The third-order valence-corrected chi connectivity index (χ3v) is 3.53. The molecule has 1 aromatic heterocycles. The number of aryl methyl sites for hydroxylation is 1. The van der Waals surface area contributed by atoms with Gasteiger partial charge in [-0.05, 0) is 41.0 Å². The molecule has 0 amide bonds. The summed E-state index contributed by atoms with van der Waals surface area (Å²) in [5.74, 6) is -1.65. The first kappa shape index (κ1) is 14.1. The highest BCUT2D eigenvalue weighted by molar-refractivity contribution is 9.10. The van der Waals surface area contributed by atoms with Gasteiger partial charge in [-0.1, -0.05) is 17.3 Å². The highest BCUT2D eigenvalue weighted by atomic mass is 79.9. The molecule has 1 N–H and O–H groups in total. The van der Waals surface area contributed by atoms with E-state index in [2.05, 4.69) is 31.6 Å². The van der Waals surface area contributed by atoms with E-state index in [1.165, 1.54) is 6.07 Å². The lowest BCUT2D eigenvalue weighted by molar-refractivity contribution is 0.478. The van der Waals surface area contributed by atoms with Crippen LogP contribution in [0.25, 0.3) is 0 Å². The normalized spacial score (nSPS) is 12.7. The molecule has 2 rings (SSSR count). The fraction of sp³-hybridized carbons (Fsp3) is 0.333. The highest BCUT2D eigenvalue weighted by Crippen LogP contribution is 2.25. The number of nitrogens with one attached hydrogen (secondary N) is 1. The number of nitrogens with zero attached hydrogens (tertiary/aromatic N) is 3. The van der Waals surface area contributed by atoms with Gasteiger partial charge in [0.2, 0.25) is 0 Å². The molecule has 19 heavy (non-hydrogen) atoms. The fourth-order valence-electron chi connectivity index (χ4n) is 1.97. The minimum Gasteiger partial charge on any atom is -0.311 e. The molecule has 1 unspecified atom stereocenters. The molecule has 1 heterocycles. The number of aromatic nitrogens is 3. The Bertz CT molecular complexity index is 566. The predicted octanol–water partition coefficient (Wildman–Crippen LogP) is 2.36. The topological polar surface area (TPSA) is 42.7 Å². The second kappa shape index (κ2) is 5.75. The fourth-order valence-corrected chi connectivity index (χ4v) is 2.57. The smallest absolute Gasteiger partial charge is 0.162 e. The minimum absolute atomic E-state index is 0.217. The van der Waals surface area contributed by atoms with Crippen molar-refractivity contribution in [2.24, 2.45) is 7.05 Å². The third kappa shape index (κ3) is 2.82. The number of benzene rings is 1. The zero-order valence-corrected chi connectivity index (χ0v) is 12.1. The van der Waals surface area contributed by atoms with Gasteiger partial charge in [-0.15, -0.1) is 5.10 Å². The van der Waals surface area contributed by atoms with Gasteiger partial charge in [0.05, 0.1) is 11.7 Å². The summed E-state index contributed by atoms with van der Waals surface area (Å²) in [5, 5.41) is 10.8. The molecule has 0 saturated heterocycles. The molecule has 0 spiro atoms. The van der Waals surface area contributed by atoms with Crippen LogP contribution in [0.15, 0.2) is 22.8 Å². The zero-order valence-electron chi connectivity index (χ0n) is 10.5. The molecule has 0 saturated carbocycles. The van der Waals surface area contributed by atoms with E-state index >= 15 is 0 Å². The lowest BCUT2D eigenvalue weighted by atomic mass is 10.0. The second-order valence-corrected chi connectivity index (χ2v) is 4.90. The average molecular weight is 331 g/mol. The molecule has 102 valence electrons. The van der Waals surface area contributed by atoms with Crippen LogP contribution in [-0.2, 0) is 13.5 Å². The molecule has 4 nitrogen and oxygen atoms in total. The molecule has 1 atom stereocenters. The van der Waals surface area contributed by atoms with E-state index in [9.17, 15) is 8.78 Å². The maximum atomic E-state index is 13.7. The summed E-state index contributed by atoms with van der Waals surface area (Å²) < 4.78 is 29.1. The lowest BCUT2D eigenvalue weighted by Gasteiger charge is -2.17. The first-order valence-corrected chi connectivity index (χ1v) is 6.49. The van der Waals surface area contributed by atoms with Crippen LogP contribution < -0.4 is 5.32 Å². The van der Waals surface area contributed by atoms with Crippen molar-refractivity contribution in [2.75, 3.05) is 7.05 Å². The van der Waals surface area contributed by atoms with Crippen LogP contribution in [0.3, 0.4) is 0 Å². The zero-order chi connectivity index (χ0) is 14.0. The van der Waals surface area contributed by atoms with E-state index in [0.717, 1.165) is 11.8 Å². The third-order valence-electron chi connectivity index (χ3n) is 2.96. The number of hydrogen-bond acceptors (Lipinski definition) is 3. The van der Waals surface area contributed by atoms with Crippen molar-refractivity contribution in [2.45, 2.75) is 12.5 Å². The molecule has 7 heteroatoms. The quantitative estimate of drug-likeness (QED) is 0.935. The Balaban J connectivity index is 2.32. The first-order chi connectivity index (χ1) is 9.04. The molecule has 1 aromatic carbocycles. The number of hydrogen-bond donors (Lipinski definition) is 1. The molecular formula is C12H13BrF2N4. The predicted molar refractivity (Wildman–Crippen MR) is 70.6 cm³/mol. The van der Waals surface area contributed by atoms with E-state index in [1.807, 2.05) is 0 Å². The Kier molecular flexibility index (Phi) is 4.26. The van der Waals surface area contributed by atoms with Crippen molar-refractivity contribution in [1.82, 2.24) is 20.3 Å². The maximum absolute atomic E-state index is 13.7. The molecule has 0 radical (unpaired) electrons. The van der Waals surface area contributed by atoms with Crippen molar-refractivity contribution in [3.8, 4) is 0 Å². The van der Waals surface area contributed by atoms with Crippen molar-refractivity contribution < 1.29 is 8.78 Å². The van der Waals surface area contributed by atoms with Crippen LogP contribution in [0.4, 0.5) is 8.78 Å². The van der Waals surface area contributed by atoms with Crippen LogP contribution >= 0.6 is 15.9 Å². The summed E-state index contributed by atoms with van der Waals surface area (Å²) in [6, 6.07) is 3.96. The van der Waals surface area contributed by atoms with Crippen LogP contribution in [0, 0.1) is 11.6 Å². The average Bonchev–Trinajstić information content (AvgIpc) is 2.72. The Morgan fingerprint density at radius 2 is 2.16 bits per heavy atom. The summed E-state index contributed by atoms with van der Waals surface area (Å²) in [4.78, 5) is 0. The van der Waals surface area contributed by atoms with Crippen molar-refractivity contribution in [3.05, 3.63) is 45.7 Å². The van der Waals surface area contributed by atoms with Gasteiger partial charge in [-0.2, -0.15) is 0 Å². The van der Waals surface area contributed by atoms with E-state index in [-0.39, 0.29) is 6.04 Å². The Morgan fingerprint density at radius 1 is 1.42 bits per heavy atom. The largest absolute Gasteiger partial charge is 0.311 e. The van der Waals surface area contributed by atoms with Gasteiger partial charge in [0.1, 0.15) is 0 Å². The second-order valence-electron chi connectivity index (χ2n) is 4.15. The van der Waals surface area contributed by atoms with Gasteiger partial charge >= 0.3 is 0 Å². The Hall–Kier alpha value is -1.34. The first-order valence-electron chi connectivity index (χ1n) is 5.69. The van der Waals surface area contributed by atoms with Gasteiger partial charge in [-0.25, -0.2) is 13.5 Å². The monoisotopic (exact) mass is 330 g/mol. The lowest BCUT2D eigenvalue weighted by Crippen LogP contribution is -2.22. The molecule has 0 aliphatic rings. The molecule has 0 aliphatic heterocycles.